The zero-order valence-corrected chi connectivity index (χ0v) is 38.4. The van der Waals surface area contributed by atoms with Crippen molar-refractivity contribution in [2.75, 3.05) is 23.9 Å². The third-order valence-electron chi connectivity index (χ3n) is 7.86. The molecule has 60 heavy (non-hydrogen) atoms. The maximum Gasteiger partial charge on any atom is 2.00 e. The van der Waals surface area contributed by atoms with E-state index in [4.69, 9.17) is 29.9 Å². The summed E-state index contributed by atoms with van der Waals surface area (Å²) in [6.07, 6.45) is 6.73. The molecule has 4 aliphatic rings. The van der Waals surface area contributed by atoms with E-state index in [0.29, 0.717) is 47.0 Å². The first-order valence-corrected chi connectivity index (χ1v) is 18.5. The zero-order valence-electron chi connectivity index (χ0n) is 33.4. The van der Waals surface area contributed by atoms with E-state index in [0.717, 1.165) is 32.9 Å². The van der Waals surface area contributed by atoms with E-state index in [-0.39, 0.29) is 97.8 Å². The van der Waals surface area contributed by atoms with Gasteiger partial charge in [0.1, 0.15) is 0 Å². The molecule has 0 unspecified atom stereocenters. The summed E-state index contributed by atoms with van der Waals surface area (Å²) >= 11 is 0.569. The minimum atomic E-state index is -0.402. The number of nitrogens with zero attached hydrogens (tertiary/aromatic N) is 6. The van der Waals surface area contributed by atoms with Crippen molar-refractivity contribution in [1.29, 1.82) is 0 Å². The minimum Gasteiger partial charge on any atom is 2.00 e. The molecule has 344 valence electrons. The van der Waals surface area contributed by atoms with Gasteiger partial charge in [-0.05, 0) is 62.4 Å². The Balaban J connectivity index is -0.000000200. The van der Waals surface area contributed by atoms with Gasteiger partial charge in [0.15, 0.2) is 23.3 Å². The monoisotopic (exact) mass is 1010 g/mol. The Kier molecular flexibility index (Phi) is 34.2. The van der Waals surface area contributed by atoms with E-state index in [1.165, 1.54) is 0 Å². The molecule has 0 atom stereocenters. The molecule has 0 radical (unpaired) electrons. The van der Waals surface area contributed by atoms with Crippen molar-refractivity contribution >= 4 is 66.8 Å². The van der Waals surface area contributed by atoms with Crippen LogP contribution in [-0.4, -0.2) is 92.0 Å². The molecule has 0 saturated carbocycles. The van der Waals surface area contributed by atoms with Crippen LogP contribution in [0.1, 0.15) is 41.5 Å². The smallest absolute Gasteiger partial charge is 2.00 e. The maximum atomic E-state index is 12.4. The molecule has 4 amide bonds. The van der Waals surface area contributed by atoms with Gasteiger partial charge in [-0.25, -0.2) is 0 Å². The Morgan fingerprint density at radius 3 is 1.17 bits per heavy atom. The number of fused-ring (bicyclic) bond motifs is 2. The molecular formula is C36H50Cl4N6Ni2O12. The van der Waals surface area contributed by atoms with Crippen LogP contribution in [0.3, 0.4) is 0 Å². The summed E-state index contributed by atoms with van der Waals surface area (Å²) in [5.41, 5.74) is 3.74. The number of rotatable bonds is 4. The van der Waals surface area contributed by atoms with E-state index in [2.05, 4.69) is 10.2 Å². The Bertz CT molecular complexity index is 1810. The molecule has 24 heteroatoms. The van der Waals surface area contributed by atoms with E-state index in [9.17, 15) is 19.2 Å². The number of anilines is 2. The van der Waals surface area contributed by atoms with Gasteiger partial charge in [-0.15, -0.1) is 0 Å². The number of ether oxygens (including phenoxy) is 2. The topological polar surface area (TPSA) is 313 Å². The van der Waals surface area contributed by atoms with Crippen molar-refractivity contribution < 1.29 is 115 Å². The first-order valence-electron chi connectivity index (χ1n) is 15.8. The molecule has 18 nitrogen and oxygen atoms in total. The molecule has 4 heterocycles. The second-order valence-corrected chi connectivity index (χ2v) is 13.7. The van der Waals surface area contributed by atoms with Crippen LogP contribution in [-0.2, 0) is 48.3 Å². The summed E-state index contributed by atoms with van der Waals surface area (Å²) in [6.45, 7) is 10.4. The van der Waals surface area contributed by atoms with Crippen LogP contribution in [0, 0.1) is 11.8 Å². The minimum absolute atomic E-state index is 0. The summed E-state index contributed by atoms with van der Waals surface area (Å²) < 4.78 is 11.5. The molecule has 2 aromatic rings. The van der Waals surface area contributed by atoms with Gasteiger partial charge >= 0.3 is 49.5 Å². The zero-order chi connectivity index (χ0) is 37.6. The Hall–Kier alpha value is -3.87. The summed E-state index contributed by atoms with van der Waals surface area (Å²) in [7, 11) is 13.2. The van der Waals surface area contributed by atoms with E-state index in [1.807, 2.05) is 72.4 Å². The van der Waals surface area contributed by atoms with Crippen LogP contribution < -0.4 is 44.1 Å². The number of para-hydroxylation sites is 4. The number of halogens is 4. The number of imide groups is 2. The normalized spacial score (nSPS) is 16.4. The van der Waals surface area contributed by atoms with Gasteiger partial charge in [-0.2, -0.15) is 20.2 Å². The first-order chi connectivity index (χ1) is 24.2. The molecule has 0 aromatic heterocycles. The third kappa shape index (κ3) is 15.2. The fourth-order valence-electron chi connectivity index (χ4n) is 5.05. The molecule has 6 rings (SSSR count). The molecule has 0 spiro atoms. The molecule has 0 bridgehead atoms. The van der Waals surface area contributed by atoms with Gasteiger partial charge in [0.05, 0.1) is 33.9 Å². The van der Waals surface area contributed by atoms with Crippen molar-refractivity contribution in [3.63, 3.8) is 0 Å². The average Bonchev–Trinajstić information content (AvgIpc) is 3.79. The molecule has 2 aromatic carbocycles. The van der Waals surface area contributed by atoms with Crippen LogP contribution >= 0.6 is 20.4 Å². The quantitative estimate of drug-likeness (QED) is 0.213. The number of hydrogen-bond acceptors (Lipinski definition) is 10. The predicted octanol–water partition coefficient (Wildman–Crippen LogP) is -4.20. The molecule has 4 aliphatic heterocycles. The molecular weight excluding hydrogens is 968 g/mol. The number of benzene rings is 2. The van der Waals surface area contributed by atoms with Gasteiger partial charge in [-0.3, -0.25) is 19.2 Å². The van der Waals surface area contributed by atoms with Gasteiger partial charge in [0.25, 0.3) is 23.6 Å². The van der Waals surface area contributed by atoms with Gasteiger partial charge in [0, 0.05) is 25.9 Å². The summed E-state index contributed by atoms with van der Waals surface area (Å²) in [5.74, 6) is 0.755. The van der Waals surface area contributed by atoms with E-state index in [1.54, 1.807) is 65.8 Å². The average molecular weight is 1020 g/mol. The largest absolute Gasteiger partial charge is 2.00 e. The SMILES string of the molecule is CC1=NN(C(=O)C(C)C)C(=O)/C1=C/C=C1/Oc2ccccc2N1C.CC1=NN(C(=O)C(C)C)C(=O)/C1=C/C=C1/Oc2ccccc2N1C.O.O.O.O.O.O.[Cl-].[Cl-].[Cl][Ni][Cl].[Ni+2]. The molecule has 0 fully saturated rings. The standard InChI is InChI=1S/2C18H19N3O3.4ClH.2Ni.6H2O/c2*1-11(2)17(22)21-18(23)13(12(3)19-21)9-10-16-20(4)14-7-5-6-8-15(14)24-16;;;;;;;;;;;;/h2*5-11H,1-4H3;4*1H;;;6*1H2/q;;;;;;2*+2;;;;;;/p-4/b2*13-9+,16-10+;;;;;;;;;;;;. The number of amides is 4. The summed E-state index contributed by atoms with van der Waals surface area (Å²) in [5, 5.41) is 10.0. The van der Waals surface area contributed by atoms with Gasteiger partial charge in [-0.1, -0.05) is 52.0 Å². The number of hydrazone groups is 2. The Morgan fingerprint density at radius 1 is 0.617 bits per heavy atom. The van der Waals surface area contributed by atoms with Gasteiger partial charge in [0.2, 0.25) is 0 Å². The maximum absolute atomic E-state index is 12.4. The predicted molar refractivity (Wildman–Crippen MR) is 216 cm³/mol. The number of carbonyl (C=O) groups is 4. The van der Waals surface area contributed by atoms with Crippen molar-refractivity contribution in [2.45, 2.75) is 41.5 Å². The van der Waals surface area contributed by atoms with Gasteiger partial charge < -0.3 is 76.9 Å². The second kappa shape index (κ2) is 30.2. The fourth-order valence-corrected chi connectivity index (χ4v) is 5.05. The first kappa shape index (κ1) is 67.9. The van der Waals surface area contributed by atoms with Crippen LogP contribution in [0.25, 0.3) is 0 Å². The molecule has 0 saturated heterocycles. The fraction of sp³-hybridized carbons (Fsp3) is 0.278. The summed E-state index contributed by atoms with van der Waals surface area (Å²) in [4.78, 5) is 52.7. The second-order valence-electron chi connectivity index (χ2n) is 12.1. The van der Waals surface area contributed by atoms with Crippen molar-refractivity contribution in [3.8, 4) is 11.5 Å². The third-order valence-corrected chi connectivity index (χ3v) is 7.86. The Labute approximate surface area is 384 Å². The Morgan fingerprint density at radius 2 is 0.900 bits per heavy atom. The van der Waals surface area contributed by atoms with E-state index < -0.39 is 11.8 Å². The number of carbonyl (C=O) groups excluding carboxylic acids is 4. The van der Waals surface area contributed by atoms with Crippen LogP contribution in [0.4, 0.5) is 11.4 Å². The number of allylic oxidation sites excluding steroid dienone is 4. The molecule has 12 N–H and O–H groups in total. The van der Waals surface area contributed by atoms with E-state index >= 15 is 0 Å². The van der Waals surface area contributed by atoms with Crippen molar-refractivity contribution in [2.24, 2.45) is 22.0 Å². The number of hydrogen-bond donors (Lipinski definition) is 0. The van der Waals surface area contributed by atoms with Crippen LogP contribution in [0.5, 0.6) is 11.5 Å². The van der Waals surface area contributed by atoms with Crippen LogP contribution in [0.2, 0.25) is 0 Å². The molecule has 0 aliphatic carbocycles. The summed E-state index contributed by atoms with van der Waals surface area (Å²) in [6, 6.07) is 15.4. The van der Waals surface area contributed by atoms with Crippen molar-refractivity contribution in [1.82, 2.24) is 10.0 Å². The van der Waals surface area contributed by atoms with Crippen molar-refractivity contribution in [3.05, 3.63) is 95.7 Å². The van der Waals surface area contributed by atoms with Crippen LogP contribution in [0.15, 0.2) is 106 Å².